The number of carbonyl (C=O) groups is 1. The third-order valence-electron chi connectivity index (χ3n) is 2.66. The van der Waals surface area contributed by atoms with Gasteiger partial charge in [0.15, 0.2) is 0 Å². The van der Waals surface area contributed by atoms with Crippen LogP contribution in [0.3, 0.4) is 0 Å². The van der Waals surface area contributed by atoms with Crippen molar-refractivity contribution in [1.82, 2.24) is 4.90 Å². The van der Waals surface area contributed by atoms with E-state index in [-0.39, 0.29) is 18.7 Å². The number of carboxylic acid groups (broad SMARTS) is 1. The van der Waals surface area contributed by atoms with E-state index in [0.717, 1.165) is 0 Å². The lowest BCUT2D eigenvalue weighted by Crippen LogP contribution is -2.27. The van der Waals surface area contributed by atoms with Crippen LogP contribution in [-0.2, 0) is 4.79 Å². The van der Waals surface area contributed by atoms with Crippen LogP contribution in [0.1, 0.15) is 18.1 Å². The van der Waals surface area contributed by atoms with Crippen molar-refractivity contribution >= 4 is 11.7 Å². The van der Waals surface area contributed by atoms with Crippen LogP contribution in [0.25, 0.3) is 0 Å². The standard InChI is InChI=1S/C12H16N2O5/c1-13(6-5-12(16)17)8-11(15)9-3-2-4-10(7-9)14(18)19/h2-4,7,11,15H,5-6,8H2,1H3,(H,16,17). The Hall–Kier alpha value is -1.99. The molecular formula is C12H16N2O5. The molecule has 2 N–H and O–H groups in total. The molecule has 0 aromatic heterocycles. The van der Waals surface area contributed by atoms with Gasteiger partial charge in [-0.1, -0.05) is 12.1 Å². The monoisotopic (exact) mass is 268 g/mol. The van der Waals surface area contributed by atoms with Gasteiger partial charge in [0.2, 0.25) is 0 Å². The summed E-state index contributed by atoms with van der Waals surface area (Å²) in [6.45, 7) is 0.524. The number of nitro benzene ring substituents is 1. The zero-order valence-corrected chi connectivity index (χ0v) is 10.5. The van der Waals surface area contributed by atoms with E-state index < -0.39 is 17.0 Å². The second-order valence-corrected chi connectivity index (χ2v) is 4.27. The maximum atomic E-state index is 10.6. The minimum Gasteiger partial charge on any atom is -0.481 e. The van der Waals surface area contributed by atoms with E-state index in [9.17, 15) is 20.0 Å². The van der Waals surface area contributed by atoms with Crippen molar-refractivity contribution in [2.75, 3.05) is 20.1 Å². The molecule has 1 rings (SSSR count). The number of nitro groups is 1. The van der Waals surface area contributed by atoms with E-state index in [1.807, 2.05) is 0 Å². The van der Waals surface area contributed by atoms with Crippen LogP contribution in [0, 0.1) is 10.1 Å². The van der Waals surface area contributed by atoms with Crippen molar-refractivity contribution in [2.24, 2.45) is 0 Å². The summed E-state index contributed by atoms with van der Waals surface area (Å²) in [4.78, 5) is 22.2. The van der Waals surface area contributed by atoms with Crippen LogP contribution < -0.4 is 0 Å². The Kier molecular flexibility index (Phi) is 5.40. The first kappa shape index (κ1) is 15.1. The molecule has 19 heavy (non-hydrogen) atoms. The zero-order chi connectivity index (χ0) is 14.4. The highest BCUT2D eigenvalue weighted by atomic mass is 16.6. The van der Waals surface area contributed by atoms with Gasteiger partial charge in [-0.25, -0.2) is 0 Å². The van der Waals surface area contributed by atoms with Crippen molar-refractivity contribution in [3.05, 3.63) is 39.9 Å². The first-order valence-electron chi connectivity index (χ1n) is 5.73. The molecule has 1 aromatic carbocycles. The number of aliphatic hydroxyl groups excluding tert-OH is 1. The predicted molar refractivity (Wildman–Crippen MR) is 67.8 cm³/mol. The van der Waals surface area contributed by atoms with Gasteiger partial charge in [0.25, 0.3) is 5.69 Å². The number of carboxylic acids is 1. The molecule has 7 nitrogen and oxygen atoms in total. The minimum absolute atomic E-state index is 0.0157. The number of rotatable bonds is 7. The summed E-state index contributed by atoms with van der Waals surface area (Å²) in [5.74, 6) is -0.906. The smallest absolute Gasteiger partial charge is 0.304 e. The van der Waals surface area contributed by atoms with Crippen LogP contribution in [0.15, 0.2) is 24.3 Å². The van der Waals surface area contributed by atoms with Gasteiger partial charge >= 0.3 is 5.97 Å². The molecule has 0 saturated heterocycles. The van der Waals surface area contributed by atoms with Crippen molar-refractivity contribution in [2.45, 2.75) is 12.5 Å². The molecule has 0 spiro atoms. The molecule has 0 heterocycles. The molecular weight excluding hydrogens is 252 g/mol. The van der Waals surface area contributed by atoms with Crippen LogP contribution in [-0.4, -0.2) is 46.1 Å². The summed E-state index contributed by atoms with van der Waals surface area (Å²) in [7, 11) is 1.68. The van der Waals surface area contributed by atoms with E-state index in [0.29, 0.717) is 12.1 Å². The Morgan fingerprint density at radius 3 is 2.79 bits per heavy atom. The number of hydrogen-bond donors (Lipinski definition) is 2. The van der Waals surface area contributed by atoms with Gasteiger partial charge in [-0.05, 0) is 12.6 Å². The molecule has 0 aliphatic carbocycles. The lowest BCUT2D eigenvalue weighted by Gasteiger charge is -2.19. The summed E-state index contributed by atoms with van der Waals surface area (Å²) in [6.07, 6.45) is -0.906. The quantitative estimate of drug-likeness (QED) is 0.565. The average molecular weight is 268 g/mol. The third-order valence-corrected chi connectivity index (χ3v) is 2.66. The van der Waals surface area contributed by atoms with Gasteiger partial charge in [0.1, 0.15) is 0 Å². The molecule has 1 unspecified atom stereocenters. The Morgan fingerprint density at radius 1 is 1.53 bits per heavy atom. The summed E-state index contributed by atoms with van der Waals surface area (Å²) < 4.78 is 0. The largest absolute Gasteiger partial charge is 0.481 e. The summed E-state index contributed by atoms with van der Waals surface area (Å²) in [5.41, 5.74) is 0.362. The van der Waals surface area contributed by atoms with Crippen LogP contribution in [0.2, 0.25) is 0 Å². The maximum absolute atomic E-state index is 10.6. The van der Waals surface area contributed by atoms with Crippen molar-refractivity contribution in [3.8, 4) is 0 Å². The van der Waals surface area contributed by atoms with Gasteiger partial charge in [-0.15, -0.1) is 0 Å². The Bertz CT molecular complexity index is 463. The first-order chi connectivity index (χ1) is 8.90. The molecule has 0 bridgehead atoms. The van der Waals surface area contributed by atoms with Crippen molar-refractivity contribution in [1.29, 1.82) is 0 Å². The summed E-state index contributed by atoms with van der Waals surface area (Å²) in [6, 6.07) is 5.77. The number of aliphatic carboxylic acids is 1. The number of non-ortho nitro benzene ring substituents is 1. The van der Waals surface area contributed by atoms with Crippen LogP contribution >= 0.6 is 0 Å². The fraction of sp³-hybridized carbons (Fsp3) is 0.417. The average Bonchev–Trinajstić information content (AvgIpc) is 2.36. The molecule has 0 saturated carbocycles. The molecule has 0 fully saturated rings. The number of aliphatic hydroxyl groups is 1. The van der Waals surface area contributed by atoms with Crippen molar-refractivity contribution < 1.29 is 19.9 Å². The number of hydrogen-bond acceptors (Lipinski definition) is 5. The Balaban J connectivity index is 2.62. The molecule has 7 heteroatoms. The minimum atomic E-state index is -0.906. The number of nitrogens with zero attached hydrogens (tertiary/aromatic N) is 2. The molecule has 0 aliphatic rings. The lowest BCUT2D eigenvalue weighted by atomic mass is 10.1. The molecule has 0 radical (unpaired) electrons. The summed E-state index contributed by atoms with van der Waals surface area (Å²) >= 11 is 0. The van der Waals surface area contributed by atoms with Crippen LogP contribution in [0.4, 0.5) is 5.69 Å². The molecule has 104 valence electrons. The topological polar surface area (TPSA) is 104 Å². The van der Waals surface area contributed by atoms with E-state index in [1.54, 1.807) is 18.0 Å². The highest BCUT2D eigenvalue weighted by molar-refractivity contribution is 5.66. The molecule has 1 aromatic rings. The molecule has 1 atom stereocenters. The highest BCUT2D eigenvalue weighted by Gasteiger charge is 2.14. The van der Waals surface area contributed by atoms with Gasteiger partial charge < -0.3 is 15.1 Å². The third kappa shape index (κ3) is 5.02. The van der Waals surface area contributed by atoms with E-state index in [1.165, 1.54) is 18.2 Å². The fourth-order valence-electron chi connectivity index (χ4n) is 1.62. The van der Waals surface area contributed by atoms with E-state index >= 15 is 0 Å². The first-order valence-corrected chi connectivity index (χ1v) is 5.73. The summed E-state index contributed by atoms with van der Waals surface area (Å²) in [5, 5.41) is 29.1. The van der Waals surface area contributed by atoms with E-state index in [2.05, 4.69) is 0 Å². The second-order valence-electron chi connectivity index (χ2n) is 4.27. The normalized spacial score (nSPS) is 12.4. The number of benzene rings is 1. The van der Waals surface area contributed by atoms with Crippen molar-refractivity contribution in [3.63, 3.8) is 0 Å². The van der Waals surface area contributed by atoms with Gasteiger partial charge in [-0.3, -0.25) is 14.9 Å². The van der Waals surface area contributed by atoms with E-state index in [4.69, 9.17) is 5.11 Å². The Labute approximate surface area is 110 Å². The second kappa shape index (κ2) is 6.81. The molecule has 0 amide bonds. The van der Waals surface area contributed by atoms with Gasteiger partial charge in [0.05, 0.1) is 17.4 Å². The van der Waals surface area contributed by atoms with Gasteiger partial charge in [0, 0.05) is 25.2 Å². The molecule has 0 aliphatic heterocycles. The maximum Gasteiger partial charge on any atom is 0.304 e. The van der Waals surface area contributed by atoms with Gasteiger partial charge in [-0.2, -0.15) is 0 Å². The Morgan fingerprint density at radius 2 is 2.21 bits per heavy atom. The van der Waals surface area contributed by atoms with Crippen LogP contribution in [0.5, 0.6) is 0 Å². The SMILES string of the molecule is CN(CCC(=O)O)CC(O)c1cccc([N+](=O)[O-])c1. The highest BCUT2D eigenvalue weighted by Crippen LogP contribution is 2.19. The predicted octanol–water partition coefficient (Wildman–Crippen LogP) is 1.03. The fourth-order valence-corrected chi connectivity index (χ4v) is 1.62. The lowest BCUT2D eigenvalue weighted by molar-refractivity contribution is -0.385. The number of likely N-dealkylation sites (N-methyl/N-ethyl adjacent to an activating group) is 1. The zero-order valence-electron chi connectivity index (χ0n) is 10.5.